The Labute approximate surface area is 123 Å². The predicted molar refractivity (Wildman–Crippen MR) is 88.4 cm³/mol. The van der Waals surface area contributed by atoms with Gasteiger partial charge in [0.1, 0.15) is 0 Å². The van der Waals surface area contributed by atoms with E-state index in [1.807, 2.05) is 17.4 Å². The third-order valence-electron chi connectivity index (χ3n) is 3.27. The van der Waals surface area contributed by atoms with E-state index in [1.54, 1.807) is 0 Å². The number of anilines is 1. The molecule has 0 amide bonds. The van der Waals surface area contributed by atoms with Crippen molar-refractivity contribution >= 4 is 17.0 Å². The van der Waals surface area contributed by atoms with Crippen molar-refractivity contribution in [3.8, 4) is 11.1 Å². The molecule has 0 bridgehead atoms. The van der Waals surface area contributed by atoms with Crippen LogP contribution in [-0.2, 0) is 6.42 Å². The average Bonchev–Trinajstić information content (AvgIpc) is 3.02. The Bertz CT molecular complexity index is 627. The first-order valence-electron chi connectivity index (χ1n) is 6.83. The van der Waals surface area contributed by atoms with Crippen LogP contribution in [0.5, 0.6) is 0 Å². The van der Waals surface area contributed by atoms with Gasteiger partial charge in [-0.1, -0.05) is 48.5 Å². The van der Waals surface area contributed by atoms with E-state index in [0.717, 1.165) is 13.0 Å². The Hall–Kier alpha value is -2.06. The van der Waals surface area contributed by atoms with E-state index in [1.165, 1.54) is 21.7 Å². The fourth-order valence-corrected chi connectivity index (χ4v) is 2.90. The van der Waals surface area contributed by atoms with Gasteiger partial charge in [-0.05, 0) is 41.1 Å². The van der Waals surface area contributed by atoms with Gasteiger partial charge in [-0.3, -0.25) is 0 Å². The highest BCUT2D eigenvalue weighted by Crippen LogP contribution is 2.21. The van der Waals surface area contributed by atoms with Crippen molar-refractivity contribution in [3.05, 3.63) is 77.0 Å². The SMILES string of the molecule is c1ccc(-c2ccc(NCCc3cccs3)cc2)cc1. The number of rotatable bonds is 5. The van der Waals surface area contributed by atoms with Crippen molar-refractivity contribution in [3.63, 3.8) is 0 Å². The monoisotopic (exact) mass is 279 g/mol. The normalized spacial score (nSPS) is 10.4. The summed E-state index contributed by atoms with van der Waals surface area (Å²) in [5.41, 5.74) is 3.70. The summed E-state index contributed by atoms with van der Waals surface area (Å²) in [4.78, 5) is 1.43. The Morgan fingerprint density at radius 3 is 2.20 bits per heavy atom. The molecule has 0 aliphatic rings. The number of benzene rings is 2. The fraction of sp³-hybridized carbons (Fsp3) is 0.111. The Morgan fingerprint density at radius 2 is 1.50 bits per heavy atom. The quantitative estimate of drug-likeness (QED) is 0.687. The topological polar surface area (TPSA) is 12.0 Å². The maximum Gasteiger partial charge on any atom is 0.0340 e. The van der Waals surface area contributed by atoms with E-state index in [2.05, 4.69) is 71.4 Å². The zero-order valence-corrected chi connectivity index (χ0v) is 12.1. The molecule has 0 saturated heterocycles. The summed E-state index contributed by atoms with van der Waals surface area (Å²) in [5, 5.41) is 5.60. The van der Waals surface area contributed by atoms with Gasteiger partial charge in [0, 0.05) is 17.1 Å². The minimum atomic E-state index is 0.977. The van der Waals surface area contributed by atoms with E-state index >= 15 is 0 Å². The van der Waals surface area contributed by atoms with Crippen LogP contribution in [0.2, 0.25) is 0 Å². The van der Waals surface area contributed by atoms with E-state index in [4.69, 9.17) is 0 Å². The molecule has 2 aromatic carbocycles. The molecule has 3 aromatic rings. The highest BCUT2D eigenvalue weighted by molar-refractivity contribution is 7.09. The molecule has 0 spiro atoms. The Balaban J connectivity index is 1.59. The molecule has 0 fully saturated rings. The molecule has 1 heterocycles. The number of hydrogen-bond donors (Lipinski definition) is 1. The van der Waals surface area contributed by atoms with Gasteiger partial charge in [-0.15, -0.1) is 11.3 Å². The summed E-state index contributed by atoms with van der Waals surface area (Å²) in [6.07, 6.45) is 1.08. The second-order valence-electron chi connectivity index (χ2n) is 4.70. The molecule has 1 N–H and O–H groups in total. The van der Waals surface area contributed by atoms with Crippen LogP contribution in [0.1, 0.15) is 4.88 Å². The lowest BCUT2D eigenvalue weighted by Crippen LogP contribution is -2.03. The van der Waals surface area contributed by atoms with Crippen molar-refractivity contribution < 1.29 is 0 Å². The van der Waals surface area contributed by atoms with Gasteiger partial charge in [0.25, 0.3) is 0 Å². The second-order valence-corrected chi connectivity index (χ2v) is 5.73. The van der Waals surface area contributed by atoms with Crippen LogP contribution in [0.4, 0.5) is 5.69 Å². The predicted octanol–water partition coefficient (Wildman–Crippen LogP) is 5.07. The molecule has 1 nitrogen and oxygen atoms in total. The van der Waals surface area contributed by atoms with Crippen molar-refractivity contribution in [1.29, 1.82) is 0 Å². The first kappa shape index (κ1) is 12.9. The lowest BCUT2D eigenvalue weighted by molar-refractivity contribution is 1.04. The van der Waals surface area contributed by atoms with Crippen LogP contribution in [0.3, 0.4) is 0 Å². The van der Waals surface area contributed by atoms with Gasteiger partial charge in [-0.2, -0.15) is 0 Å². The molecule has 100 valence electrons. The molecule has 1 aromatic heterocycles. The van der Waals surface area contributed by atoms with Crippen LogP contribution in [0.25, 0.3) is 11.1 Å². The molecule has 0 saturated carbocycles. The molecule has 2 heteroatoms. The Kier molecular flexibility index (Phi) is 4.14. The van der Waals surface area contributed by atoms with Crippen LogP contribution in [0, 0.1) is 0 Å². The molecule has 0 unspecified atom stereocenters. The first-order valence-corrected chi connectivity index (χ1v) is 7.71. The molecular formula is C18H17NS. The zero-order chi connectivity index (χ0) is 13.6. The zero-order valence-electron chi connectivity index (χ0n) is 11.3. The highest BCUT2D eigenvalue weighted by atomic mass is 32.1. The van der Waals surface area contributed by atoms with Gasteiger partial charge in [0.05, 0.1) is 0 Å². The van der Waals surface area contributed by atoms with Crippen molar-refractivity contribution in [2.45, 2.75) is 6.42 Å². The number of nitrogens with one attached hydrogen (secondary N) is 1. The maximum atomic E-state index is 3.47. The number of hydrogen-bond acceptors (Lipinski definition) is 2. The van der Waals surface area contributed by atoms with Gasteiger partial charge in [0.15, 0.2) is 0 Å². The largest absolute Gasteiger partial charge is 0.385 e. The van der Waals surface area contributed by atoms with Gasteiger partial charge < -0.3 is 5.32 Å². The minimum Gasteiger partial charge on any atom is -0.385 e. The smallest absolute Gasteiger partial charge is 0.0340 e. The van der Waals surface area contributed by atoms with Crippen molar-refractivity contribution in [2.24, 2.45) is 0 Å². The minimum absolute atomic E-state index is 0.977. The van der Waals surface area contributed by atoms with Crippen molar-refractivity contribution in [1.82, 2.24) is 0 Å². The third-order valence-corrected chi connectivity index (χ3v) is 4.21. The summed E-state index contributed by atoms with van der Waals surface area (Å²) < 4.78 is 0. The fourth-order valence-electron chi connectivity index (χ4n) is 2.20. The summed E-state index contributed by atoms with van der Waals surface area (Å²) in [7, 11) is 0. The lowest BCUT2D eigenvalue weighted by Gasteiger charge is -2.07. The summed E-state index contributed by atoms with van der Waals surface area (Å²) >= 11 is 1.82. The molecule has 0 aliphatic heterocycles. The molecule has 0 atom stereocenters. The summed E-state index contributed by atoms with van der Waals surface area (Å²) in [6, 6.07) is 23.4. The summed E-state index contributed by atoms with van der Waals surface area (Å²) in [5.74, 6) is 0. The maximum absolute atomic E-state index is 3.47. The standard InChI is InChI=1S/C18H17NS/c1-2-5-15(6-3-1)16-8-10-17(11-9-16)19-13-12-18-7-4-14-20-18/h1-11,14,19H,12-13H2. The first-order chi connectivity index (χ1) is 9.92. The molecular weight excluding hydrogens is 262 g/mol. The molecule has 20 heavy (non-hydrogen) atoms. The van der Waals surface area contributed by atoms with Crippen LogP contribution in [-0.4, -0.2) is 6.54 Å². The van der Waals surface area contributed by atoms with Crippen LogP contribution >= 0.6 is 11.3 Å². The average molecular weight is 279 g/mol. The molecule has 3 rings (SSSR count). The van der Waals surface area contributed by atoms with Gasteiger partial charge in [0.2, 0.25) is 0 Å². The van der Waals surface area contributed by atoms with E-state index in [9.17, 15) is 0 Å². The van der Waals surface area contributed by atoms with Crippen molar-refractivity contribution in [2.75, 3.05) is 11.9 Å². The highest BCUT2D eigenvalue weighted by Gasteiger charge is 1.98. The Morgan fingerprint density at radius 1 is 0.750 bits per heavy atom. The van der Waals surface area contributed by atoms with E-state index in [-0.39, 0.29) is 0 Å². The van der Waals surface area contributed by atoms with Gasteiger partial charge in [-0.25, -0.2) is 0 Å². The summed E-state index contributed by atoms with van der Waals surface area (Å²) in [6.45, 7) is 0.977. The van der Waals surface area contributed by atoms with E-state index < -0.39 is 0 Å². The molecule has 0 aliphatic carbocycles. The van der Waals surface area contributed by atoms with E-state index in [0.29, 0.717) is 0 Å². The van der Waals surface area contributed by atoms with Crippen LogP contribution in [0.15, 0.2) is 72.1 Å². The number of thiophene rings is 1. The lowest BCUT2D eigenvalue weighted by atomic mass is 10.1. The second kappa shape index (κ2) is 6.40. The molecule has 0 radical (unpaired) electrons. The van der Waals surface area contributed by atoms with Crippen LogP contribution < -0.4 is 5.32 Å². The van der Waals surface area contributed by atoms with Gasteiger partial charge >= 0.3 is 0 Å². The third kappa shape index (κ3) is 3.28.